The van der Waals surface area contributed by atoms with E-state index < -0.39 is 11.9 Å². The second kappa shape index (κ2) is 6.21. The predicted octanol–water partition coefficient (Wildman–Crippen LogP) is 3.52. The number of hydrogen-bond donors (Lipinski definition) is 1. The highest BCUT2D eigenvalue weighted by Crippen LogP contribution is 2.24. The highest BCUT2D eigenvalue weighted by atomic mass is 35.5. The second-order valence-corrected chi connectivity index (χ2v) is 4.43. The molecule has 0 atom stereocenters. The number of nitrogens with one attached hydrogen (secondary N) is 1. The van der Waals surface area contributed by atoms with Gasteiger partial charge in [0.15, 0.2) is 0 Å². The van der Waals surface area contributed by atoms with Crippen molar-refractivity contribution >= 4 is 29.2 Å². The molecule has 4 nitrogen and oxygen atoms in total. The minimum absolute atomic E-state index is 0.213. The monoisotopic (exact) mass is 289 g/mol. The zero-order valence-corrected chi connectivity index (χ0v) is 11.5. The number of anilines is 1. The van der Waals surface area contributed by atoms with E-state index in [4.69, 9.17) is 16.3 Å². The van der Waals surface area contributed by atoms with Crippen LogP contribution < -0.4 is 10.1 Å². The Bertz CT molecular complexity index is 655. The maximum atomic E-state index is 12.2. The number of halogens is 1. The lowest BCUT2D eigenvalue weighted by Gasteiger charge is -2.10. The van der Waals surface area contributed by atoms with Crippen LogP contribution in [-0.4, -0.2) is 11.9 Å². The Morgan fingerprint density at radius 3 is 2.40 bits per heavy atom. The number of carbonyl (C=O) groups excluding carboxylic acids is 2. The molecule has 0 heterocycles. The van der Waals surface area contributed by atoms with Gasteiger partial charge >= 0.3 is 5.97 Å². The van der Waals surface area contributed by atoms with Gasteiger partial charge in [0.25, 0.3) is 5.91 Å². The van der Waals surface area contributed by atoms with Gasteiger partial charge in [0.2, 0.25) is 0 Å². The molecule has 0 aliphatic rings. The molecule has 0 spiro atoms. The quantitative estimate of drug-likeness (QED) is 0.695. The van der Waals surface area contributed by atoms with E-state index in [0.717, 1.165) is 0 Å². The number of hydrogen-bond acceptors (Lipinski definition) is 3. The van der Waals surface area contributed by atoms with Crippen molar-refractivity contribution in [3.63, 3.8) is 0 Å². The minimum Gasteiger partial charge on any atom is -0.426 e. The third-order valence-electron chi connectivity index (χ3n) is 2.51. The van der Waals surface area contributed by atoms with E-state index in [1.807, 2.05) is 0 Å². The Hall–Kier alpha value is -2.33. The van der Waals surface area contributed by atoms with E-state index in [-0.39, 0.29) is 11.3 Å². The highest BCUT2D eigenvalue weighted by molar-refractivity contribution is 6.33. The molecule has 0 aliphatic carbocycles. The minimum atomic E-state index is -0.483. The smallest absolute Gasteiger partial charge is 0.308 e. The number of carbonyl (C=O) groups is 2. The summed E-state index contributed by atoms with van der Waals surface area (Å²) in [6.07, 6.45) is 0. The summed E-state index contributed by atoms with van der Waals surface area (Å²) in [5, 5.41) is 3.11. The first-order chi connectivity index (χ1) is 9.58. The fourth-order valence-electron chi connectivity index (χ4n) is 1.65. The van der Waals surface area contributed by atoms with Crippen molar-refractivity contribution in [1.29, 1.82) is 0 Å². The van der Waals surface area contributed by atoms with Crippen LogP contribution in [0, 0.1) is 0 Å². The average Bonchev–Trinajstić information content (AvgIpc) is 2.41. The Balaban J connectivity index is 2.26. The van der Waals surface area contributed by atoms with Crippen molar-refractivity contribution in [2.45, 2.75) is 6.92 Å². The van der Waals surface area contributed by atoms with Crippen molar-refractivity contribution in [3.8, 4) is 5.75 Å². The van der Waals surface area contributed by atoms with E-state index in [2.05, 4.69) is 5.32 Å². The van der Waals surface area contributed by atoms with Gasteiger partial charge in [-0.3, -0.25) is 9.59 Å². The van der Waals surface area contributed by atoms with Crippen LogP contribution in [0.2, 0.25) is 5.02 Å². The summed E-state index contributed by atoms with van der Waals surface area (Å²) in [6, 6.07) is 13.4. The summed E-state index contributed by atoms with van der Waals surface area (Å²) >= 11 is 5.98. The topological polar surface area (TPSA) is 55.4 Å². The van der Waals surface area contributed by atoms with Gasteiger partial charge in [0.1, 0.15) is 5.75 Å². The van der Waals surface area contributed by atoms with Crippen LogP contribution in [-0.2, 0) is 4.79 Å². The van der Waals surface area contributed by atoms with Gasteiger partial charge in [0.05, 0.1) is 16.3 Å². The largest absolute Gasteiger partial charge is 0.426 e. The second-order valence-electron chi connectivity index (χ2n) is 4.02. The Morgan fingerprint density at radius 1 is 1.05 bits per heavy atom. The lowest BCUT2D eigenvalue weighted by Crippen LogP contribution is -2.15. The van der Waals surface area contributed by atoms with Gasteiger partial charge in [0, 0.05) is 6.92 Å². The standard InChI is InChI=1S/C15H12ClNO3/c1-10(18)20-14-9-5-2-6-11(14)15(19)17-13-8-4-3-7-12(13)16/h2-9H,1H3,(H,17,19). The third kappa shape index (κ3) is 3.36. The summed E-state index contributed by atoms with van der Waals surface area (Å²) in [5.74, 6) is -0.664. The average molecular weight is 290 g/mol. The number of benzene rings is 2. The lowest BCUT2D eigenvalue weighted by molar-refractivity contribution is -0.131. The molecule has 102 valence electrons. The van der Waals surface area contributed by atoms with E-state index in [1.54, 1.807) is 48.5 Å². The summed E-state index contributed by atoms with van der Waals surface area (Å²) in [5.41, 5.74) is 0.763. The van der Waals surface area contributed by atoms with E-state index in [9.17, 15) is 9.59 Å². The number of esters is 1. The van der Waals surface area contributed by atoms with Crippen molar-refractivity contribution in [1.82, 2.24) is 0 Å². The molecular weight excluding hydrogens is 278 g/mol. The first kappa shape index (κ1) is 14.1. The van der Waals surface area contributed by atoms with Crippen molar-refractivity contribution < 1.29 is 14.3 Å². The number of para-hydroxylation sites is 2. The van der Waals surface area contributed by atoms with E-state index in [0.29, 0.717) is 10.7 Å². The van der Waals surface area contributed by atoms with Crippen LogP contribution >= 0.6 is 11.6 Å². The molecule has 0 fully saturated rings. The number of amides is 1. The van der Waals surface area contributed by atoms with Crippen LogP contribution in [0.1, 0.15) is 17.3 Å². The summed E-state index contributed by atoms with van der Waals surface area (Å²) < 4.78 is 5.00. The molecule has 0 aromatic heterocycles. The molecule has 1 N–H and O–H groups in total. The molecule has 5 heteroatoms. The first-order valence-electron chi connectivity index (χ1n) is 5.91. The molecule has 0 saturated heterocycles. The van der Waals surface area contributed by atoms with Gasteiger partial charge in [-0.05, 0) is 24.3 Å². The molecule has 2 rings (SSSR count). The lowest BCUT2D eigenvalue weighted by atomic mass is 10.2. The van der Waals surface area contributed by atoms with Gasteiger partial charge in [-0.25, -0.2) is 0 Å². The fourth-order valence-corrected chi connectivity index (χ4v) is 1.83. The van der Waals surface area contributed by atoms with Crippen LogP contribution in [0.4, 0.5) is 5.69 Å². The molecule has 2 aromatic carbocycles. The number of rotatable bonds is 3. The summed E-state index contributed by atoms with van der Waals surface area (Å²) in [7, 11) is 0. The number of ether oxygens (including phenoxy) is 1. The first-order valence-corrected chi connectivity index (χ1v) is 6.29. The summed E-state index contributed by atoms with van der Waals surface area (Å²) in [4.78, 5) is 23.2. The predicted molar refractivity (Wildman–Crippen MR) is 77.2 cm³/mol. The van der Waals surface area contributed by atoms with E-state index >= 15 is 0 Å². The zero-order chi connectivity index (χ0) is 14.5. The van der Waals surface area contributed by atoms with Crippen LogP contribution in [0.25, 0.3) is 0 Å². The Morgan fingerprint density at radius 2 is 1.70 bits per heavy atom. The zero-order valence-electron chi connectivity index (χ0n) is 10.7. The van der Waals surface area contributed by atoms with Crippen LogP contribution in [0.15, 0.2) is 48.5 Å². The molecule has 0 unspecified atom stereocenters. The summed E-state index contributed by atoms with van der Waals surface area (Å²) in [6.45, 7) is 1.28. The van der Waals surface area contributed by atoms with Gasteiger partial charge < -0.3 is 10.1 Å². The molecule has 0 bridgehead atoms. The molecule has 0 saturated carbocycles. The third-order valence-corrected chi connectivity index (χ3v) is 2.84. The SMILES string of the molecule is CC(=O)Oc1ccccc1C(=O)Nc1ccccc1Cl. The Kier molecular flexibility index (Phi) is 4.38. The normalized spacial score (nSPS) is 9.90. The highest BCUT2D eigenvalue weighted by Gasteiger charge is 2.14. The van der Waals surface area contributed by atoms with Gasteiger partial charge in [-0.2, -0.15) is 0 Å². The molecular formula is C15H12ClNO3. The molecule has 0 aliphatic heterocycles. The van der Waals surface area contributed by atoms with Crippen LogP contribution in [0.5, 0.6) is 5.75 Å². The molecule has 2 aromatic rings. The van der Waals surface area contributed by atoms with Crippen molar-refractivity contribution in [2.24, 2.45) is 0 Å². The molecule has 1 amide bonds. The van der Waals surface area contributed by atoms with Gasteiger partial charge in [-0.1, -0.05) is 35.9 Å². The van der Waals surface area contributed by atoms with Crippen molar-refractivity contribution in [3.05, 3.63) is 59.1 Å². The maximum absolute atomic E-state index is 12.2. The van der Waals surface area contributed by atoms with Gasteiger partial charge in [-0.15, -0.1) is 0 Å². The fraction of sp³-hybridized carbons (Fsp3) is 0.0667. The van der Waals surface area contributed by atoms with Crippen LogP contribution in [0.3, 0.4) is 0 Å². The molecule has 0 radical (unpaired) electrons. The Labute approximate surface area is 121 Å². The molecule has 20 heavy (non-hydrogen) atoms. The van der Waals surface area contributed by atoms with Crippen molar-refractivity contribution in [2.75, 3.05) is 5.32 Å². The van der Waals surface area contributed by atoms with E-state index in [1.165, 1.54) is 6.92 Å². The maximum Gasteiger partial charge on any atom is 0.308 e.